The van der Waals surface area contributed by atoms with E-state index in [-0.39, 0.29) is 5.84 Å². The standard InChI is InChI=1S/C5H11N3O3/c1-5(2,3(6)8-11)7-4(9)10/h7,11H,1-2H3,(H2,6,8)(H,9,10). The van der Waals surface area contributed by atoms with Gasteiger partial charge in [0.2, 0.25) is 0 Å². The Morgan fingerprint density at radius 2 is 2.09 bits per heavy atom. The average molecular weight is 161 g/mol. The molecule has 0 aliphatic rings. The summed E-state index contributed by atoms with van der Waals surface area (Å²) in [6, 6.07) is 0. The van der Waals surface area contributed by atoms with Gasteiger partial charge in [-0.15, -0.1) is 0 Å². The highest BCUT2D eigenvalue weighted by Gasteiger charge is 2.25. The van der Waals surface area contributed by atoms with Crippen molar-refractivity contribution in [2.75, 3.05) is 0 Å². The molecule has 6 heteroatoms. The van der Waals surface area contributed by atoms with Gasteiger partial charge in [-0.2, -0.15) is 0 Å². The summed E-state index contributed by atoms with van der Waals surface area (Å²) in [4.78, 5) is 10.1. The van der Waals surface area contributed by atoms with Crippen molar-refractivity contribution < 1.29 is 15.1 Å². The van der Waals surface area contributed by atoms with Crippen LogP contribution in [0.25, 0.3) is 0 Å². The van der Waals surface area contributed by atoms with E-state index in [0.717, 1.165) is 0 Å². The predicted octanol–water partition coefficient (Wildman–Crippen LogP) is -0.221. The number of nitrogens with zero attached hydrogens (tertiary/aromatic N) is 1. The largest absolute Gasteiger partial charge is 0.465 e. The lowest BCUT2D eigenvalue weighted by Crippen LogP contribution is -2.52. The number of carboxylic acid groups (broad SMARTS) is 1. The maximum atomic E-state index is 10.1. The summed E-state index contributed by atoms with van der Waals surface area (Å²) in [6.45, 7) is 2.96. The van der Waals surface area contributed by atoms with Crippen molar-refractivity contribution >= 4 is 11.9 Å². The van der Waals surface area contributed by atoms with Crippen LogP contribution in [0.4, 0.5) is 4.79 Å². The molecule has 0 atom stereocenters. The molecule has 0 fully saturated rings. The fraction of sp³-hybridized carbons (Fsp3) is 0.600. The zero-order chi connectivity index (χ0) is 9.07. The molecule has 0 spiro atoms. The number of rotatable bonds is 2. The Hall–Kier alpha value is -1.46. The van der Waals surface area contributed by atoms with Gasteiger partial charge in [0.05, 0.1) is 5.54 Å². The Kier molecular flexibility index (Phi) is 2.68. The molecule has 0 aromatic carbocycles. The summed E-state index contributed by atoms with van der Waals surface area (Å²) < 4.78 is 0. The Labute approximate surface area is 63.7 Å². The fourth-order valence-corrected chi connectivity index (χ4v) is 0.456. The van der Waals surface area contributed by atoms with Crippen LogP contribution in [0, 0.1) is 0 Å². The van der Waals surface area contributed by atoms with E-state index in [1.165, 1.54) is 13.8 Å². The maximum Gasteiger partial charge on any atom is 0.405 e. The van der Waals surface area contributed by atoms with Crippen LogP contribution >= 0.6 is 0 Å². The Bertz CT molecular complexity index is 187. The van der Waals surface area contributed by atoms with Gasteiger partial charge in [-0.1, -0.05) is 5.16 Å². The van der Waals surface area contributed by atoms with Crippen LogP contribution in [0.15, 0.2) is 5.16 Å². The number of oxime groups is 1. The number of nitrogens with two attached hydrogens (primary N) is 1. The lowest BCUT2D eigenvalue weighted by molar-refractivity contribution is 0.188. The number of carbonyl (C=O) groups is 1. The molecule has 64 valence electrons. The summed E-state index contributed by atoms with van der Waals surface area (Å²) in [5.74, 6) is -0.181. The van der Waals surface area contributed by atoms with Crippen LogP contribution in [0.2, 0.25) is 0 Å². The minimum absolute atomic E-state index is 0.181. The summed E-state index contributed by atoms with van der Waals surface area (Å²) in [7, 11) is 0. The number of amides is 1. The van der Waals surface area contributed by atoms with Crippen molar-refractivity contribution in [2.45, 2.75) is 19.4 Å². The molecule has 0 bridgehead atoms. The van der Waals surface area contributed by atoms with Crippen LogP contribution in [0.5, 0.6) is 0 Å². The van der Waals surface area contributed by atoms with E-state index in [0.29, 0.717) is 0 Å². The number of amidine groups is 1. The zero-order valence-electron chi connectivity index (χ0n) is 6.33. The number of hydrogen-bond acceptors (Lipinski definition) is 3. The first kappa shape index (κ1) is 9.54. The summed E-state index contributed by atoms with van der Waals surface area (Å²) >= 11 is 0. The van der Waals surface area contributed by atoms with Gasteiger partial charge >= 0.3 is 6.09 Å². The van der Waals surface area contributed by atoms with Gasteiger partial charge in [0, 0.05) is 0 Å². The van der Waals surface area contributed by atoms with E-state index >= 15 is 0 Å². The Balaban J connectivity index is 4.33. The third-order valence-electron chi connectivity index (χ3n) is 1.17. The molecule has 0 aromatic rings. The number of hydrogen-bond donors (Lipinski definition) is 4. The highest BCUT2D eigenvalue weighted by molar-refractivity contribution is 5.91. The molecular formula is C5H11N3O3. The van der Waals surface area contributed by atoms with Gasteiger partial charge in [-0.05, 0) is 13.8 Å². The predicted molar refractivity (Wildman–Crippen MR) is 38.6 cm³/mol. The normalized spacial score (nSPS) is 12.7. The smallest absolute Gasteiger partial charge is 0.405 e. The molecule has 6 nitrogen and oxygen atoms in total. The highest BCUT2D eigenvalue weighted by Crippen LogP contribution is 2.00. The highest BCUT2D eigenvalue weighted by atomic mass is 16.4. The minimum Gasteiger partial charge on any atom is -0.465 e. The third kappa shape index (κ3) is 2.74. The molecule has 0 aliphatic heterocycles. The Morgan fingerprint density at radius 3 is 2.36 bits per heavy atom. The first-order chi connectivity index (χ1) is 4.90. The Morgan fingerprint density at radius 1 is 1.64 bits per heavy atom. The second-order valence-electron chi connectivity index (χ2n) is 2.54. The molecule has 0 saturated heterocycles. The fourth-order valence-electron chi connectivity index (χ4n) is 0.456. The molecule has 0 rings (SSSR count). The van der Waals surface area contributed by atoms with E-state index in [1.54, 1.807) is 0 Å². The van der Waals surface area contributed by atoms with Gasteiger partial charge in [-0.25, -0.2) is 4.79 Å². The molecule has 0 radical (unpaired) electrons. The zero-order valence-corrected chi connectivity index (χ0v) is 6.33. The van der Waals surface area contributed by atoms with E-state index in [4.69, 9.17) is 16.0 Å². The van der Waals surface area contributed by atoms with Gasteiger partial charge in [0.25, 0.3) is 0 Å². The lowest BCUT2D eigenvalue weighted by Gasteiger charge is -2.21. The van der Waals surface area contributed by atoms with Crippen molar-refractivity contribution in [3.8, 4) is 0 Å². The van der Waals surface area contributed by atoms with E-state index in [2.05, 4.69) is 10.5 Å². The monoisotopic (exact) mass is 161 g/mol. The molecule has 0 aliphatic carbocycles. The number of nitrogens with one attached hydrogen (secondary N) is 1. The SMILES string of the molecule is CC(C)(NC(=O)O)/C(N)=N\O. The van der Waals surface area contributed by atoms with Gasteiger partial charge in [0.1, 0.15) is 0 Å². The summed E-state index contributed by atoms with van der Waals surface area (Å²) in [6.07, 6.45) is -1.22. The lowest BCUT2D eigenvalue weighted by atomic mass is 10.1. The maximum absolute atomic E-state index is 10.1. The van der Waals surface area contributed by atoms with Crippen molar-refractivity contribution in [1.29, 1.82) is 0 Å². The van der Waals surface area contributed by atoms with E-state index in [9.17, 15) is 4.79 Å². The summed E-state index contributed by atoms with van der Waals surface area (Å²) in [5.41, 5.74) is 4.13. The van der Waals surface area contributed by atoms with Gasteiger partial charge in [0.15, 0.2) is 5.84 Å². The van der Waals surface area contributed by atoms with Crippen molar-refractivity contribution in [3.63, 3.8) is 0 Å². The van der Waals surface area contributed by atoms with Crippen LogP contribution < -0.4 is 11.1 Å². The second kappa shape index (κ2) is 3.09. The minimum atomic E-state index is -1.22. The van der Waals surface area contributed by atoms with Crippen LogP contribution in [0.1, 0.15) is 13.8 Å². The van der Waals surface area contributed by atoms with Crippen LogP contribution in [-0.4, -0.2) is 27.8 Å². The molecule has 0 saturated carbocycles. The molecule has 1 amide bonds. The summed E-state index contributed by atoms with van der Waals surface area (Å²) in [5, 5.41) is 21.3. The third-order valence-corrected chi connectivity index (χ3v) is 1.17. The van der Waals surface area contributed by atoms with Gasteiger partial charge < -0.3 is 21.4 Å². The van der Waals surface area contributed by atoms with E-state index < -0.39 is 11.6 Å². The first-order valence-electron chi connectivity index (χ1n) is 2.89. The van der Waals surface area contributed by atoms with E-state index in [1.807, 2.05) is 0 Å². The topological polar surface area (TPSA) is 108 Å². The molecule has 0 aromatic heterocycles. The average Bonchev–Trinajstić information content (AvgIpc) is 1.83. The van der Waals surface area contributed by atoms with Crippen molar-refractivity contribution in [3.05, 3.63) is 0 Å². The molecular weight excluding hydrogens is 150 g/mol. The van der Waals surface area contributed by atoms with Gasteiger partial charge in [-0.3, -0.25) is 0 Å². The van der Waals surface area contributed by atoms with Crippen LogP contribution in [-0.2, 0) is 0 Å². The molecule has 0 unspecified atom stereocenters. The molecule has 0 heterocycles. The first-order valence-corrected chi connectivity index (χ1v) is 2.89. The van der Waals surface area contributed by atoms with Crippen molar-refractivity contribution in [1.82, 2.24) is 5.32 Å². The quantitative estimate of drug-likeness (QED) is 0.194. The van der Waals surface area contributed by atoms with Crippen LogP contribution in [0.3, 0.4) is 0 Å². The molecule has 11 heavy (non-hydrogen) atoms. The molecule has 5 N–H and O–H groups in total. The second-order valence-corrected chi connectivity index (χ2v) is 2.54. The van der Waals surface area contributed by atoms with Crippen molar-refractivity contribution in [2.24, 2.45) is 10.9 Å².